The summed E-state index contributed by atoms with van der Waals surface area (Å²) in [5.41, 5.74) is 14.1. The summed E-state index contributed by atoms with van der Waals surface area (Å²) in [7, 11) is 3.19. The van der Waals surface area contributed by atoms with Crippen LogP contribution >= 0.6 is 0 Å². The van der Waals surface area contributed by atoms with E-state index in [4.69, 9.17) is 25.7 Å². The SMILES string of the molecule is COc1ccc(COc2ccc(CC3(N)NC=CC=C3N)cc2OC)cn1. The van der Waals surface area contributed by atoms with Gasteiger partial charge < -0.3 is 31.0 Å². The van der Waals surface area contributed by atoms with Crippen LogP contribution in [0.1, 0.15) is 11.1 Å². The van der Waals surface area contributed by atoms with Crippen LogP contribution in [0.5, 0.6) is 17.4 Å². The zero-order chi connectivity index (χ0) is 19.3. The third-order valence-electron chi connectivity index (χ3n) is 4.34. The molecule has 2 aromatic rings. The molecule has 7 heteroatoms. The maximum absolute atomic E-state index is 6.38. The van der Waals surface area contributed by atoms with Gasteiger partial charge in [-0.05, 0) is 42.1 Å². The van der Waals surface area contributed by atoms with Gasteiger partial charge in [-0.2, -0.15) is 0 Å². The topological polar surface area (TPSA) is 105 Å². The lowest BCUT2D eigenvalue weighted by Crippen LogP contribution is -2.57. The van der Waals surface area contributed by atoms with Crippen LogP contribution in [-0.2, 0) is 13.0 Å². The number of ether oxygens (including phenoxy) is 3. The molecular weight excluding hydrogens is 344 g/mol. The van der Waals surface area contributed by atoms with Gasteiger partial charge in [-0.25, -0.2) is 4.98 Å². The lowest BCUT2D eigenvalue weighted by molar-refractivity contribution is 0.283. The molecule has 0 radical (unpaired) electrons. The van der Waals surface area contributed by atoms with Gasteiger partial charge in [0.1, 0.15) is 12.3 Å². The van der Waals surface area contributed by atoms with Crippen LogP contribution in [0.3, 0.4) is 0 Å². The van der Waals surface area contributed by atoms with Gasteiger partial charge in [0, 0.05) is 29.9 Å². The number of benzene rings is 1. The molecule has 1 unspecified atom stereocenters. The summed E-state index contributed by atoms with van der Waals surface area (Å²) < 4.78 is 16.4. The van der Waals surface area contributed by atoms with Gasteiger partial charge >= 0.3 is 0 Å². The summed E-state index contributed by atoms with van der Waals surface area (Å²) in [6.07, 6.45) is 7.64. The van der Waals surface area contributed by atoms with E-state index in [-0.39, 0.29) is 0 Å². The zero-order valence-corrected chi connectivity index (χ0v) is 15.4. The molecule has 0 spiro atoms. The Bertz CT molecular complexity index is 849. The van der Waals surface area contributed by atoms with Crippen molar-refractivity contribution in [1.82, 2.24) is 10.3 Å². The first-order chi connectivity index (χ1) is 13.0. The Morgan fingerprint density at radius 1 is 1.07 bits per heavy atom. The van der Waals surface area contributed by atoms with Crippen LogP contribution in [-0.4, -0.2) is 24.9 Å². The number of pyridine rings is 1. The lowest BCUT2D eigenvalue weighted by Gasteiger charge is -2.32. The molecular formula is C20H24N4O3. The molecule has 3 rings (SSSR count). The molecule has 2 heterocycles. The van der Waals surface area contributed by atoms with E-state index in [1.165, 1.54) is 0 Å². The highest BCUT2D eigenvalue weighted by Gasteiger charge is 2.28. The summed E-state index contributed by atoms with van der Waals surface area (Å²) in [6, 6.07) is 9.42. The second-order valence-corrected chi connectivity index (χ2v) is 6.26. The van der Waals surface area contributed by atoms with Gasteiger partial charge in [0.05, 0.1) is 14.2 Å². The molecule has 0 bridgehead atoms. The van der Waals surface area contributed by atoms with E-state index >= 15 is 0 Å². The molecule has 0 saturated heterocycles. The average molecular weight is 368 g/mol. The van der Waals surface area contributed by atoms with Crippen LogP contribution in [0.25, 0.3) is 0 Å². The van der Waals surface area contributed by atoms with Crippen molar-refractivity contribution in [1.29, 1.82) is 0 Å². The minimum Gasteiger partial charge on any atom is -0.493 e. The number of hydrogen-bond acceptors (Lipinski definition) is 7. The van der Waals surface area contributed by atoms with Crippen LogP contribution in [0.2, 0.25) is 0 Å². The molecule has 5 N–H and O–H groups in total. The molecule has 1 aliphatic heterocycles. The Morgan fingerprint density at radius 2 is 1.89 bits per heavy atom. The van der Waals surface area contributed by atoms with Crippen molar-refractivity contribution in [2.75, 3.05) is 14.2 Å². The number of methoxy groups -OCH3 is 2. The molecule has 1 aromatic heterocycles. The molecule has 27 heavy (non-hydrogen) atoms. The first-order valence-electron chi connectivity index (χ1n) is 8.52. The molecule has 0 aliphatic carbocycles. The van der Waals surface area contributed by atoms with Crippen molar-refractivity contribution in [2.24, 2.45) is 11.5 Å². The smallest absolute Gasteiger partial charge is 0.212 e. The maximum atomic E-state index is 6.38. The molecule has 0 fully saturated rings. The predicted molar refractivity (Wildman–Crippen MR) is 103 cm³/mol. The van der Waals surface area contributed by atoms with Crippen LogP contribution < -0.4 is 31.0 Å². The first kappa shape index (κ1) is 18.6. The van der Waals surface area contributed by atoms with E-state index in [0.717, 1.165) is 11.1 Å². The Balaban J connectivity index is 1.70. The second kappa shape index (κ2) is 8.01. The van der Waals surface area contributed by atoms with Gasteiger partial charge in [0.15, 0.2) is 11.5 Å². The van der Waals surface area contributed by atoms with Crippen molar-refractivity contribution in [2.45, 2.75) is 18.7 Å². The van der Waals surface area contributed by atoms with E-state index in [1.807, 2.05) is 30.3 Å². The molecule has 0 saturated carbocycles. The number of nitrogens with two attached hydrogens (primary N) is 2. The van der Waals surface area contributed by atoms with Crippen molar-refractivity contribution >= 4 is 0 Å². The highest BCUT2D eigenvalue weighted by atomic mass is 16.5. The molecule has 1 atom stereocenters. The van der Waals surface area contributed by atoms with Crippen molar-refractivity contribution in [3.63, 3.8) is 0 Å². The fourth-order valence-electron chi connectivity index (χ4n) is 2.78. The normalized spacial score (nSPS) is 18.4. The fraction of sp³-hybridized carbons (Fsp3) is 0.250. The third kappa shape index (κ3) is 4.32. The van der Waals surface area contributed by atoms with Crippen molar-refractivity contribution in [3.05, 3.63) is 71.7 Å². The standard InChI is InChI=1S/C20H24N4O3/c1-25-17-10-14(11-20(22)18(21)4-3-9-24-20)5-7-16(17)27-13-15-6-8-19(26-2)23-12-15/h3-10,12,24H,11,13,21-22H2,1-2H3. The summed E-state index contributed by atoms with van der Waals surface area (Å²) in [6.45, 7) is 0.371. The van der Waals surface area contributed by atoms with Crippen LogP contribution in [0.15, 0.2) is 60.6 Å². The lowest BCUT2D eigenvalue weighted by atomic mass is 9.95. The summed E-state index contributed by atoms with van der Waals surface area (Å²) in [5, 5.41) is 3.12. The highest BCUT2D eigenvalue weighted by Crippen LogP contribution is 2.30. The average Bonchev–Trinajstić information content (AvgIpc) is 2.69. The van der Waals surface area contributed by atoms with Crippen molar-refractivity contribution in [3.8, 4) is 17.4 Å². The number of dihydropyridines is 1. The highest BCUT2D eigenvalue weighted by molar-refractivity contribution is 5.44. The molecule has 1 aromatic carbocycles. The summed E-state index contributed by atoms with van der Waals surface area (Å²) in [4.78, 5) is 4.17. The molecule has 142 valence electrons. The monoisotopic (exact) mass is 368 g/mol. The minimum absolute atomic E-state index is 0.371. The summed E-state index contributed by atoms with van der Waals surface area (Å²) in [5.74, 6) is 1.84. The number of nitrogens with zero attached hydrogens (tertiary/aromatic N) is 1. The van der Waals surface area contributed by atoms with Crippen LogP contribution in [0.4, 0.5) is 0 Å². The number of hydrogen-bond donors (Lipinski definition) is 3. The number of rotatable bonds is 7. The Kier molecular flexibility index (Phi) is 5.52. The molecule has 0 amide bonds. The van der Waals surface area contributed by atoms with Crippen LogP contribution in [0, 0.1) is 0 Å². The Morgan fingerprint density at radius 3 is 2.56 bits per heavy atom. The Hall–Kier alpha value is -3.19. The first-order valence-corrected chi connectivity index (χ1v) is 8.52. The molecule has 7 nitrogen and oxygen atoms in total. The number of nitrogens with one attached hydrogen (secondary N) is 1. The van der Waals surface area contributed by atoms with E-state index in [1.54, 1.807) is 38.8 Å². The van der Waals surface area contributed by atoms with Gasteiger partial charge in [0.2, 0.25) is 5.88 Å². The fourth-order valence-corrected chi connectivity index (χ4v) is 2.78. The quantitative estimate of drug-likeness (QED) is 0.685. The second-order valence-electron chi connectivity index (χ2n) is 6.26. The summed E-state index contributed by atoms with van der Waals surface area (Å²) >= 11 is 0. The van der Waals surface area contributed by atoms with Gasteiger partial charge in [0.25, 0.3) is 0 Å². The van der Waals surface area contributed by atoms with E-state index in [0.29, 0.717) is 36.1 Å². The molecule has 1 aliphatic rings. The van der Waals surface area contributed by atoms with Gasteiger partial charge in [-0.1, -0.05) is 6.07 Å². The maximum Gasteiger partial charge on any atom is 0.212 e. The van der Waals surface area contributed by atoms with E-state index in [2.05, 4.69) is 10.3 Å². The Labute approximate surface area is 158 Å². The number of aromatic nitrogens is 1. The third-order valence-corrected chi connectivity index (χ3v) is 4.34. The largest absolute Gasteiger partial charge is 0.493 e. The van der Waals surface area contributed by atoms with Crippen molar-refractivity contribution < 1.29 is 14.2 Å². The number of allylic oxidation sites excluding steroid dienone is 2. The minimum atomic E-state index is -0.823. The van der Waals surface area contributed by atoms with E-state index < -0.39 is 5.66 Å². The zero-order valence-electron chi connectivity index (χ0n) is 15.4. The van der Waals surface area contributed by atoms with Gasteiger partial charge in [-0.3, -0.25) is 0 Å². The van der Waals surface area contributed by atoms with Gasteiger partial charge in [-0.15, -0.1) is 0 Å². The van der Waals surface area contributed by atoms with E-state index in [9.17, 15) is 0 Å². The predicted octanol–water partition coefficient (Wildman–Crippen LogP) is 1.83.